The van der Waals surface area contributed by atoms with Gasteiger partial charge in [0.1, 0.15) is 5.75 Å². The van der Waals surface area contributed by atoms with Gasteiger partial charge in [-0.2, -0.15) is 11.8 Å². The lowest BCUT2D eigenvalue weighted by molar-refractivity contribution is 0.416. The van der Waals surface area contributed by atoms with E-state index in [1.807, 2.05) is 36.0 Å². The Morgan fingerprint density at radius 2 is 2.14 bits per heavy atom. The van der Waals surface area contributed by atoms with Crippen molar-refractivity contribution >= 4 is 17.4 Å². The van der Waals surface area contributed by atoms with Crippen LogP contribution in [0.3, 0.4) is 0 Å². The SMILES string of the molecule is COc1ccccc1NCCCSC. The number of anilines is 1. The van der Waals surface area contributed by atoms with Crippen molar-refractivity contribution in [2.45, 2.75) is 6.42 Å². The molecule has 0 saturated heterocycles. The third-order valence-corrected chi connectivity index (χ3v) is 2.64. The van der Waals surface area contributed by atoms with Crippen LogP contribution >= 0.6 is 11.8 Å². The van der Waals surface area contributed by atoms with Crippen LogP contribution < -0.4 is 10.1 Å². The second-order valence-corrected chi connectivity index (χ2v) is 3.96. The van der Waals surface area contributed by atoms with Crippen molar-refractivity contribution in [1.82, 2.24) is 0 Å². The third kappa shape index (κ3) is 3.50. The highest BCUT2D eigenvalue weighted by atomic mass is 32.2. The Morgan fingerprint density at radius 1 is 1.36 bits per heavy atom. The molecule has 0 aliphatic carbocycles. The van der Waals surface area contributed by atoms with Gasteiger partial charge in [0.05, 0.1) is 12.8 Å². The molecule has 1 aromatic carbocycles. The van der Waals surface area contributed by atoms with E-state index in [9.17, 15) is 0 Å². The summed E-state index contributed by atoms with van der Waals surface area (Å²) >= 11 is 1.88. The zero-order chi connectivity index (χ0) is 10.2. The van der Waals surface area contributed by atoms with Gasteiger partial charge < -0.3 is 10.1 Å². The molecule has 1 N–H and O–H groups in total. The summed E-state index contributed by atoms with van der Waals surface area (Å²) in [6, 6.07) is 8.00. The van der Waals surface area contributed by atoms with E-state index in [0.29, 0.717) is 0 Å². The minimum absolute atomic E-state index is 0.914. The first kappa shape index (κ1) is 11.2. The lowest BCUT2D eigenvalue weighted by Crippen LogP contribution is -2.03. The molecule has 14 heavy (non-hydrogen) atoms. The van der Waals surface area contributed by atoms with E-state index in [-0.39, 0.29) is 0 Å². The van der Waals surface area contributed by atoms with Crippen molar-refractivity contribution in [1.29, 1.82) is 0 Å². The first-order chi connectivity index (χ1) is 6.88. The van der Waals surface area contributed by atoms with Crippen LogP contribution in [0.2, 0.25) is 0 Å². The van der Waals surface area contributed by atoms with Crippen LogP contribution in [0.1, 0.15) is 6.42 Å². The molecule has 0 bridgehead atoms. The van der Waals surface area contributed by atoms with Crippen LogP contribution in [0.4, 0.5) is 5.69 Å². The molecule has 0 heterocycles. The lowest BCUT2D eigenvalue weighted by atomic mass is 10.3. The number of ether oxygens (including phenoxy) is 1. The monoisotopic (exact) mass is 211 g/mol. The zero-order valence-corrected chi connectivity index (χ0v) is 9.56. The topological polar surface area (TPSA) is 21.3 Å². The molecule has 0 aliphatic heterocycles. The number of thioether (sulfide) groups is 1. The maximum atomic E-state index is 5.23. The average Bonchev–Trinajstić information content (AvgIpc) is 2.25. The number of hydrogen-bond donors (Lipinski definition) is 1. The number of methoxy groups -OCH3 is 1. The number of para-hydroxylation sites is 2. The van der Waals surface area contributed by atoms with E-state index in [1.165, 1.54) is 12.2 Å². The average molecular weight is 211 g/mol. The van der Waals surface area contributed by atoms with E-state index in [2.05, 4.69) is 11.6 Å². The molecule has 1 aromatic rings. The van der Waals surface area contributed by atoms with Gasteiger partial charge in [-0.3, -0.25) is 0 Å². The largest absolute Gasteiger partial charge is 0.495 e. The summed E-state index contributed by atoms with van der Waals surface area (Å²) in [4.78, 5) is 0. The highest BCUT2D eigenvalue weighted by Crippen LogP contribution is 2.22. The molecule has 0 atom stereocenters. The fourth-order valence-corrected chi connectivity index (χ4v) is 1.66. The molecule has 0 fully saturated rings. The van der Waals surface area contributed by atoms with Crippen LogP contribution in [0, 0.1) is 0 Å². The lowest BCUT2D eigenvalue weighted by Gasteiger charge is -2.10. The molecule has 0 aromatic heterocycles. The second-order valence-electron chi connectivity index (χ2n) is 2.97. The number of benzene rings is 1. The summed E-state index contributed by atoms with van der Waals surface area (Å²) in [5, 5.41) is 3.36. The van der Waals surface area contributed by atoms with E-state index >= 15 is 0 Å². The highest BCUT2D eigenvalue weighted by Gasteiger charge is 1.98. The molecule has 2 nitrogen and oxygen atoms in total. The summed E-state index contributed by atoms with van der Waals surface area (Å²) in [7, 11) is 1.70. The standard InChI is InChI=1S/C11H17NOS/c1-13-11-7-4-3-6-10(11)12-8-5-9-14-2/h3-4,6-7,12H,5,8-9H2,1-2H3. The summed E-state index contributed by atoms with van der Waals surface area (Å²) in [5.74, 6) is 2.11. The fourth-order valence-electron chi connectivity index (χ4n) is 1.23. The van der Waals surface area contributed by atoms with E-state index in [0.717, 1.165) is 18.0 Å². The number of rotatable bonds is 6. The quantitative estimate of drug-likeness (QED) is 0.731. The van der Waals surface area contributed by atoms with Crippen LogP contribution in [0.15, 0.2) is 24.3 Å². The second kappa shape index (κ2) is 6.60. The van der Waals surface area contributed by atoms with Gasteiger partial charge >= 0.3 is 0 Å². The molecule has 0 radical (unpaired) electrons. The molecular formula is C11H17NOS. The van der Waals surface area contributed by atoms with Crippen molar-refractivity contribution in [2.24, 2.45) is 0 Å². The van der Waals surface area contributed by atoms with Crippen molar-refractivity contribution in [3.63, 3.8) is 0 Å². The van der Waals surface area contributed by atoms with Crippen LogP contribution in [0.5, 0.6) is 5.75 Å². The van der Waals surface area contributed by atoms with Crippen LogP contribution in [-0.2, 0) is 0 Å². The summed E-state index contributed by atoms with van der Waals surface area (Å²) < 4.78 is 5.23. The molecule has 0 amide bonds. The predicted octanol–water partition coefficient (Wildman–Crippen LogP) is 2.86. The van der Waals surface area contributed by atoms with Crippen LogP contribution in [0.25, 0.3) is 0 Å². The molecule has 1 rings (SSSR count). The van der Waals surface area contributed by atoms with Crippen molar-refractivity contribution in [2.75, 3.05) is 31.0 Å². The van der Waals surface area contributed by atoms with E-state index < -0.39 is 0 Å². The van der Waals surface area contributed by atoms with Gasteiger partial charge in [-0.05, 0) is 30.6 Å². The van der Waals surface area contributed by atoms with E-state index in [1.54, 1.807) is 7.11 Å². The van der Waals surface area contributed by atoms with Crippen molar-refractivity contribution in [3.05, 3.63) is 24.3 Å². The molecular weight excluding hydrogens is 194 g/mol. The van der Waals surface area contributed by atoms with Crippen LogP contribution in [-0.4, -0.2) is 25.7 Å². The number of nitrogens with one attached hydrogen (secondary N) is 1. The Balaban J connectivity index is 2.41. The molecule has 0 spiro atoms. The van der Waals surface area contributed by atoms with Gasteiger partial charge in [0.25, 0.3) is 0 Å². The number of hydrogen-bond acceptors (Lipinski definition) is 3. The Hall–Kier alpha value is -0.830. The molecule has 78 valence electrons. The van der Waals surface area contributed by atoms with Gasteiger partial charge in [0.2, 0.25) is 0 Å². The zero-order valence-electron chi connectivity index (χ0n) is 8.75. The highest BCUT2D eigenvalue weighted by molar-refractivity contribution is 7.98. The first-order valence-corrected chi connectivity index (χ1v) is 6.13. The predicted molar refractivity (Wildman–Crippen MR) is 64.5 cm³/mol. The summed E-state index contributed by atoms with van der Waals surface area (Å²) in [6.07, 6.45) is 3.31. The van der Waals surface area contributed by atoms with Crippen molar-refractivity contribution < 1.29 is 4.74 Å². The molecule has 3 heteroatoms. The van der Waals surface area contributed by atoms with Gasteiger partial charge in [-0.1, -0.05) is 12.1 Å². The maximum Gasteiger partial charge on any atom is 0.141 e. The van der Waals surface area contributed by atoms with Gasteiger partial charge in [-0.25, -0.2) is 0 Å². The Bertz CT molecular complexity index is 265. The minimum atomic E-state index is 0.914. The van der Waals surface area contributed by atoms with Crippen molar-refractivity contribution in [3.8, 4) is 5.75 Å². The smallest absolute Gasteiger partial charge is 0.141 e. The molecule has 0 unspecified atom stereocenters. The Kier molecular flexibility index (Phi) is 5.30. The Labute approximate surface area is 90.0 Å². The maximum absolute atomic E-state index is 5.23. The normalized spacial score (nSPS) is 9.86. The minimum Gasteiger partial charge on any atom is -0.495 e. The Morgan fingerprint density at radius 3 is 2.86 bits per heavy atom. The fraction of sp³-hybridized carbons (Fsp3) is 0.455. The van der Waals surface area contributed by atoms with Gasteiger partial charge in [-0.15, -0.1) is 0 Å². The van der Waals surface area contributed by atoms with Gasteiger partial charge in [0, 0.05) is 6.54 Å². The summed E-state index contributed by atoms with van der Waals surface area (Å²) in [5.41, 5.74) is 1.08. The van der Waals surface area contributed by atoms with E-state index in [4.69, 9.17) is 4.74 Å². The summed E-state index contributed by atoms with van der Waals surface area (Å²) in [6.45, 7) is 1.00. The first-order valence-electron chi connectivity index (χ1n) is 4.74. The third-order valence-electron chi connectivity index (χ3n) is 1.95. The molecule has 0 saturated carbocycles. The molecule has 0 aliphatic rings. The van der Waals surface area contributed by atoms with Gasteiger partial charge in [0.15, 0.2) is 0 Å².